The molecule has 2 heterocycles. The fraction of sp³-hybridized carbons (Fsp3) is 0.526. The Bertz CT molecular complexity index is 681. The van der Waals surface area contributed by atoms with Gasteiger partial charge in [-0.1, -0.05) is 6.92 Å². The summed E-state index contributed by atoms with van der Waals surface area (Å²) in [5.41, 5.74) is 0.907. The molecule has 0 aliphatic carbocycles. The van der Waals surface area contributed by atoms with Gasteiger partial charge in [-0.2, -0.15) is 0 Å². The summed E-state index contributed by atoms with van der Waals surface area (Å²) in [6.07, 6.45) is 0.213. The van der Waals surface area contributed by atoms with Crippen molar-refractivity contribution in [3.05, 3.63) is 29.8 Å². The Hall–Kier alpha value is -2.25. The van der Waals surface area contributed by atoms with Crippen molar-refractivity contribution >= 4 is 23.5 Å². The van der Waals surface area contributed by atoms with Crippen molar-refractivity contribution in [2.75, 3.05) is 44.2 Å². The second-order valence-electron chi connectivity index (χ2n) is 6.52. The monoisotopic (exact) mass is 359 g/mol. The number of ether oxygens (including phenoxy) is 1. The molecule has 2 saturated heterocycles. The van der Waals surface area contributed by atoms with Gasteiger partial charge in [0.25, 0.3) is 5.91 Å². The maximum Gasteiger partial charge on any atom is 0.338 e. The molecule has 2 aliphatic heterocycles. The van der Waals surface area contributed by atoms with Gasteiger partial charge >= 0.3 is 5.97 Å². The van der Waals surface area contributed by atoms with Crippen molar-refractivity contribution in [1.82, 2.24) is 9.80 Å². The molecule has 2 fully saturated rings. The molecule has 0 unspecified atom stereocenters. The number of carbonyl (C=O) groups is 3. The number of benzene rings is 1. The van der Waals surface area contributed by atoms with Gasteiger partial charge in [0, 0.05) is 26.2 Å². The molecule has 2 aliphatic rings. The van der Waals surface area contributed by atoms with Crippen LogP contribution >= 0.6 is 0 Å². The zero-order valence-electron chi connectivity index (χ0n) is 15.3. The number of likely N-dealkylation sites (N-methyl/N-ethyl adjacent to an activating group) is 1. The lowest BCUT2D eigenvalue weighted by Gasteiger charge is -2.36. The highest BCUT2D eigenvalue weighted by atomic mass is 16.5. The summed E-state index contributed by atoms with van der Waals surface area (Å²) < 4.78 is 4.95. The molecule has 1 aromatic rings. The normalized spacial score (nSPS) is 22.1. The van der Waals surface area contributed by atoms with Gasteiger partial charge in [0.15, 0.2) is 0 Å². The van der Waals surface area contributed by atoms with E-state index in [2.05, 4.69) is 16.7 Å². The number of imide groups is 1. The van der Waals surface area contributed by atoms with Crippen LogP contribution in [-0.2, 0) is 14.3 Å². The Morgan fingerprint density at radius 2 is 1.73 bits per heavy atom. The van der Waals surface area contributed by atoms with E-state index in [4.69, 9.17) is 4.74 Å². The molecule has 0 saturated carbocycles. The first-order valence-corrected chi connectivity index (χ1v) is 9.15. The minimum Gasteiger partial charge on any atom is -0.462 e. The molecule has 2 amide bonds. The average molecular weight is 359 g/mol. The van der Waals surface area contributed by atoms with Crippen LogP contribution in [0.25, 0.3) is 0 Å². The number of hydrogen-bond donors (Lipinski definition) is 0. The van der Waals surface area contributed by atoms with Gasteiger partial charge < -0.3 is 9.64 Å². The summed E-state index contributed by atoms with van der Waals surface area (Å²) in [7, 11) is 0. The van der Waals surface area contributed by atoms with E-state index in [0.29, 0.717) is 17.9 Å². The highest BCUT2D eigenvalue weighted by Crippen LogP contribution is 2.26. The predicted molar refractivity (Wildman–Crippen MR) is 97.0 cm³/mol. The summed E-state index contributed by atoms with van der Waals surface area (Å²) in [5.74, 6) is -0.782. The fourth-order valence-electron chi connectivity index (χ4n) is 3.52. The maximum atomic E-state index is 12.8. The highest BCUT2D eigenvalue weighted by molar-refractivity contribution is 6.22. The van der Waals surface area contributed by atoms with E-state index >= 15 is 0 Å². The molecule has 7 nitrogen and oxygen atoms in total. The highest BCUT2D eigenvalue weighted by Gasteiger charge is 2.43. The molecule has 0 N–H and O–H groups in total. The summed E-state index contributed by atoms with van der Waals surface area (Å²) in [4.78, 5) is 42.7. The summed E-state index contributed by atoms with van der Waals surface area (Å²) >= 11 is 0. The predicted octanol–water partition coefficient (Wildman–Crippen LogP) is 1.13. The van der Waals surface area contributed by atoms with Crippen LogP contribution in [0.3, 0.4) is 0 Å². The molecule has 1 aromatic carbocycles. The SMILES string of the molecule is CCOC(=O)c1ccc(N2C(=O)C[C@H](N3CCN(CC)CC3)C2=O)cc1. The summed E-state index contributed by atoms with van der Waals surface area (Å²) in [6, 6.07) is 6.03. The van der Waals surface area contributed by atoms with Crippen LogP contribution in [0.15, 0.2) is 24.3 Å². The topological polar surface area (TPSA) is 70.2 Å². The van der Waals surface area contributed by atoms with Crippen molar-refractivity contribution in [2.24, 2.45) is 0 Å². The zero-order chi connectivity index (χ0) is 18.7. The largest absolute Gasteiger partial charge is 0.462 e. The van der Waals surface area contributed by atoms with Gasteiger partial charge in [0.1, 0.15) is 0 Å². The molecule has 0 radical (unpaired) electrons. The Kier molecular flexibility index (Phi) is 5.68. The van der Waals surface area contributed by atoms with Gasteiger partial charge in [0.05, 0.1) is 30.3 Å². The van der Waals surface area contributed by atoms with Crippen LogP contribution < -0.4 is 4.90 Å². The van der Waals surface area contributed by atoms with E-state index < -0.39 is 5.97 Å². The molecule has 1 atom stereocenters. The van der Waals surface area contributed by atoms with Gasteiger partial charge in [0.2, 0.25) is 5.91 Å². The second-order valence-corrected chi connectivity index (χ2v) is 6.52. The third kappa shape index (κ3) is 3.64. The third-order valence-electron chi connectivity index (χ3n) is 5.05. The first-order valence-electron chi connectivity index (χ1n) is 9.15. The van der Waals surface area contributed by atoms with E-state index in [0.717, 1.165) is 32.7 Å². The smallest absolute Gasteiger partial charge is 0.338 e. The average Bonchev–Trinajstić information content (AvgIpc) is 2.96. The molecule has 26 heavy (non-hydrogen) atoms. The van der Waals surface area contributed by atoms with Gasteiger partial charge in [-0.15, -0.1) is 0 Å². The second kappa shape index (κ2) is 7.97. The molecule has 0 bridgehead atoms. The minimum atomic E-state index is -0.412. The number of amides is 2. The number of piperazine rings is 1. The maximum absolute atomic E-state index is 12.8. The first-order chi connectivity index (χ1) is 12.5. The van der Waals surface area contributed by atoms with Crippen molar-refractivity contribution in [1.29, 1.82) is 0 Å². The Balaban J connectivity index is 1.70. The molecular formula is C19H25N3O4. The number of hydrogen-bond acceptors (Lipinski definition) is 6. The van der Waals surface area contributed by atoms with Crippen LogP contribution in [0, 0.1) is 0 Å². The van der Waals surface area contributed by atoms with Crippen LogP contribution in [0.5, 0.6) is 0 Å². The number of anilines is 1. The lowest BCUT2D eigenvalue weighted by Crippen LogP contribution is -2.52. The summed E-state index contributed by atoms with van der Waals surface area (Å²) in [6.45, 7) is 8.61. The quantitative estimate of drug-likeness (QED) is 0.580. The molecule has 3 rings (SSSR count). The molecule has 7 heteroatoms. The van der Waals surface area contributed by atoms with Crippen LogP contribution in [0.1, 0.15) is 30.6 Å². The van der Waals surface area contributed by atoms with Crippen molar-refractivity contribution in [2.45, 2.75) is 26.3 Å². The van der Waals surface area contributed by atoms with Crippen molar-refractivity contribution < 1.29 is 19.1 Å². The van der Waals surface area contributed by atoms with E-state index in [1.807, 2.05) is 0 Å². The van der Waals surface area contributed by atoms with E-state index in [1.165, 1.54) is 4.90 Å². The standard InChI is InChI=1S/C19H25N3O4/c1-3-20-9-11-21(12-10-20)16-13-17(23)22(18(16)24)15-7-5-14(6-8-15)19(25)26-4-2/h5-8,16H,3-4,9-13H2,1-2H3/t16-/m0/s1. The first kappa shape index (κ1) is 18.5. The third-order valence-corrected chi connectivity index (χ3v) is 5.05. The lowest BCUT2D eigenvalue weighted by molar-refractivity contribution is -0.123. The zero-order valence-corrected chi connectivity index (χ0v) is 15.3. The fourth-order valence-corrected chi connectivity index (χ4v) is 3.52. The Labute approximate surface area is 153 Å². The van der Waals surface area contributed by atoms with E-state index in [1.54, 1.807) is 31.2 Å². The number of nitrogens with zero attached hydrogens (tertiary/aromatic N) is 3. The van der Waals surface area contributed by atoms with Gasteiger partial charge in [-0.25, -0.2) is 9.69 Å². The number of rotatable bonds is 5. The van der Waals surface area contributed by atoms with E-state index in [-0.39, 0.29) is 24.3 Å². The molecule has 140 valence electrons. The van der Waals surface area contributed by atoms with Crippen LogP contribution in [0.2, 0.25) is 0 Å². The Morgan fingerprint density at radius 3 is 2.31 bits per heavy atom. The van der Waals surface area contributed by atoms with Crippen molar-refractivity contribution in [3.8, 4) is 0 Å². The Morgan fingerprint density at radius 1 is 1.08 bits per heavy atom. The number of esters is 1. The number of carbonyl (C=O) groups excluding carboxylic acids is 3. The van der Waals surface area contributed by atoms with Gasteiger partial charge in [-0.05, 0) is 37.7 Å². The van der Waals surface area contributed by atoms with Crippen LogP contribution in [0.4, 0.5) is 5.69 Å². The minimum absolute atomic E-state index is 0.177. The van der Waals surface area contributed by atoms with Crippen LogP contribution in [-0.4, -0.2) is 73.0 Å². The van der Waals surface area contributed by atoms with Crippen molar-refractivity contribution in [3.63, 3.8) is 0 Å². The molecular weight excluding hydrogens is 334 g/mol. The lowest BCUT2D eigenvalue weighted by atomic mass is 10.1. The summed E-state index contributed by atoms with van der Waals surface area (Å²) in [5, 5.41) is 0. The van der Waals surface area contributed by atoms with E-state index in [9.17, 15) is 14.4 Å². The molecule has 0 aromatic heterocycles. The van der Waals surface area contributed by atoms with Gasteiger partial charge in [-0.3, -0.25) is 14.5 Å². The molecule has 0 spiro atoms.